The molecule has 1 aromatic heterocycles. The molecule has 0 bridgehead atoms. The monoisotopic (exact) mass is 243 g/mol. The molecule has 1 saturated heterocycles. The van der Waals surface area contributed by atoms with Crippen molar-refractivity contribution in [3.8, 4) is 0 Å². The van der Waals surface area contributed by atoms with Crippen molar-refractivity contribution in [3.05, 3.63) is 17.9 Å². The molecular formula is C13H21BO3. The first-order valence-electron chi connectivity index (χ1n) is 8.99. The Morgan fingerprint density at radius 1 is 1.18 bits per heavy atom. The summed E-state index contributed by atoms with van der Waals surface area (Å²) in [5, 5.41) is 0. The molecule has 1 aliphatic rings. The maximum atomic E-state index is 8.10. The van der Waals surface area contributed by atoms with E-state index in [1.165, 1.54) is 12.1 Å². The van der Waals surface area contributed by atoms with Crippen molar-refractivity contribution in [3.63, 3.8) is 0 Å². The van der Waals surface area contributed by atoms with Gasteiger partial charge in [-0.2, -0.15) is 0 Å². The molecule has 1 aliphatic heterocycles. The van der Waals surface area contributed by atoms with Crippen LogP contribution in [0.15, 0.2) is 16.5 Å². The Labute approximate surface area is 113 Å². The lowest BCUT2D eigenvalue weighted by Crippen LogP contribution is -2.41. The zero-order chi connectivity index (χ0) is 18.8. The fraction of sp³-hybridized carbons (Fsp3) is 0.692. The van der Waals surface area contributed by atoms with Gasteiger partial charge in [-0.25, -0.2) is 0 Å². The second kappa shape index (κ2) is 3.89. The Morgan fingerprint density at radius 3 is 2.29 bits per heavy atom. The summed E-state index contributed by atoms with van der Waals surface area (Å²) in [7, 11) is -0.902. The maximum absolute atomic E-state index is 8.10. The summed E-state index contributed by atoms with van der Waals surface area (Å²) in [5.74, 6) is -3.34. The molecule has 2 heterocycles. The van der Waals surface area contributed by atoms with Gasteiger partial charge in [0.1, 0.15) is 11.4 Å². The third-order valence-corrected chi connectivity index (χ3v) is 3.36. The first kappa shape index (κ1) is 6.44. The van der Waals surface area contributed by atoms with Crippen LogP contribution < -0.4 is 5.66 Å². The number of hydrogen-bond donors (Lipinski definition) is 0. The average molecular weight is 243 g/mol. The first-order valence-corrected chi connectivity index (χ1v) is 5.49. The van der Waals surface area contributed by atoms with Crippen LogP contribution in [0.4, 0.5) is 0 Å². The smallest absolute Gasteiger partial charge is 0.469 e. The minimum absolute atomic E-state index is 0.133. The van der Waals surface area contributed by atoms with Crippen LogP contribution in [0, 0.1) is 0 Å². The van der Waals surface area contributed by atoms with Gasteiger partial charge in [0.25, 0.3) is 0 Å². The Balaban J connectivity index is 2.41. The van der Waals surface area contributed by atoms with Crippen molar-refractivity contribution in [1.29, 1.82) is 0 Å². The molecule has 94 valence electrons. The second-order valence-electron chi connectivity index (χ2n) is 5.17. The maximum Gasteiger partial charge on any atom is 0.532 e. The normalized spacial score (nSPS) is 30.6. The van der Waals surface area contributed by atoms with Crippen LogP contribution in [0.3, 0.4) is 0 Å². The zero-order valence-corrected chi connectivity index (χ0v) is 10.5. The van der Waals surface area contributed by atoms with Crippen molar-refractivity contribution in [2.45, 2.75) is 58.5 Å². The van der Waals surface area contributed by atoms with Crippen LogP contribution in [-0.2, 0) is 9.31 Å². The molecule has 0 N–H and O–H groups in total. The minimum atomic E-state index is -3.09. The lowest BCUT2D eigenvalue weighted by Gasteiger charge is -2.32. The third-order valence-electron chi connectivity index (χ3n) is 3.36. The molecule has 1 fully saturated rings. The Hall–Kier alpha value is -0.735. The van der Waals surface area contributed by atoms with Gasteiger partial charge in [-0.15, -0.1) is 0 Å². The lowest BCUT2D eigenvalue weighted by molar-refractivity contribution is 0.00578. The van der Waals surface area contributed by atoms with E-state index < -0.39 is 43.7 Å². The summed E-state index contributed by atoms with van der Waals surface area (Å²) in [5.41, 5.74) is -1.12. The van der Waals surface area contributed by atoms with Crippen LogP contribution in [0.5, 0.6) is 0 Å². The highest BCUT2D eigenvalue weighted by atomic mass is 16.7. The highest BCUT2D eigenvalue weighted by Crippen LogP contribution is 2.36. The van der Waals surface area contributed by atoms with Gasteiger partial charge in [0.15, 0.2) is 0 Å². The molecule has 0 radical (unpaired) electrons. The average Bonchev–Trinajstić information content (AvgIpc) is 2.89. The van der Waals surface area contributed by atoms with E-state index in [0.29, 0.717) is 0 Å². The van der Waals surface area contributed by atoms with E-state index in [2.05, 4.69) is 0 Å². The van der Waals surface area contributed by atoms with Gasteiger partial charge in [-0.05, 0) is 39.8 Å². The summed E-state index contributed by atoms with van der Waals surface area (Å²) in [4.78, 5) is 0. The fourth-order valence-corrected chi connectivity index (χ4v) is 1.57. The van der Waals surface area contributed by atoms with Crippen molar-refractivity contribution in [1.82, 2.24) is 0 Å². The topological polar surface area (TPSA) is 31.6 Å². The van der Waals surface area contributed by atoms with E-state index in [1.54, 1.807) is 0 Å². The molecule has 17 heavy (non-hydrogen) atoms. The summed E-state index contributed by atoms with van der Waals surface area (Å²) in [6, 6.07) is 2.57. The highest BCUT2D eigenvalue weighted by molar-refractivity contribution is 6.60. The first-order chi connectivity index (χ1) is 10.5. The van der Waals surface area contributed by atoms with Gasteiger partial charge in [0.05, 0.1) is 11.2 Å². The van der Waals surface area contributed by atoms with Crippen LogP contribution in [0.1, 0.15) is 62.6 Å². The predicted molar refractivity (Wildman–Crippen MR) is 68.5 cm³/mol. The third kappa shape index (κ3) is 2.16. The van der Waals surface area contributed by atoms with Crippen LogP contribution >= 0.6 is 0 Å². The number of hydrogen-bond acceptors (Lipinski definition) is 3. The van der Waals surface area contributed by atoms with E-state index >= 15 is 0 Å². The molecular weight excluding hydrogens is 215 g/mol. The predicted octanol–water partition coefficient (Wildman–Crippen LogP) is 2.70. The van der Waals surface area contributed by atoms with Crippen molar-refractivity contribution in [2.24, 2.45) is 0 Å². The fourth-order valence-electron chi connectivity index (χ4n) is 1.57. The van der Waals surface area contributed by atoms with Gasteiger partial charge >= 0.3 is 7.12 Å². The largest absolute Gasteiger partial charge is 0.532 e. The van der Waals surface area contributed by atoms with Crippen molar-refractivity contribution < 1.29 is 23.3 Å². The van der Waals surface area contributed by atoms with Crippen molar-refractivity contribution >= 4 is 12.8 Å². The summed E-state index contributed by atoms with van der Waals surface area (Å²) in [6.45, 7) is 1.19. The molecule has 3 nitrogen and oxygen atoms in total. The SMILES string of the molecule is [2H]C([2H])([2H])C([2H])(c1ccc(B2OC(C)(C)C(C)(C)O2)o1)C([2H])([2H])[2H]. The van der Waals surface area contributed by atoms with Gasteiger partial charge in [-0.3, -0.25) is 0 Å². The molecule has 2 rings (SSSR count). The number of rotatable bonds is 2. The van der Waals surface area contributed by atoms with E-state index in [-0.39, 0.29) is 5.66 Å². The van der Waals surface area contributed by atoms with E-state index in [0.717, 1.165) is 0 Å². The quantitative estimate of drug-likeness (QED) is 0.748. The Bertz CT molecular complexity index is 588. The van der Waals surface area contributed by atoms with Crippen molar-refractivity contribution in [2.75, 3.05) is 0 Å². The van der Waals surface area contributed by atoms with Gasteiger partial charge in [0, 0.05) is 15.5 Å². The zero-order valence-electron chi connectivity index (χ0n) is 17.5. The summed E-state index contributed by atoms with van der Waals surface area (Å²) < 4.78 is 70.0. The highest BCUT2D eigenvalue weighted by Gasteiger charge is 2.53. The van der Waals surface area contributed by atoms with E-state index in [1.807, 2.05) is 27.7 Å². The molecule has 0 aliphatic carbocycles. The summed E-state index contributed by atoms with van der Waals surface area (Å²) in [6.07, 6.45) is 0. The van der Waals surface area contributed by atoms with Gasteiger partial charge < -0.3 is 13.7 Å². The molecule has 0 spiro atoms. The molecule has 4 heteroatoms. The summed E-state index contributed by atoms with van der Waals surface area (Å²) >= 11 is 0. The minimum Gasteiger partial charge on any atom is -0.469 e. The Kier molecular flexibility index (Phi) is 1.47. The Morgan fingerprint density at radius 2 is 1.76 bits per heavy atom. The number of furan rings is 1. The van der Waals surface area contributed by atoms with E-state index in [4.69, 9.17) is 23.3 Å². The molecule has 1 aromatic rings. The molecule has 0 unspecified atom stereocenters. The molecule has 0 amide bonds. The van der Waals surface area contributed by atoms with Crippen LogP contribution in [0.2, 0.25) is 0 Å². The lowest BCUT2D eigenvalue weighted by atomic mass is 9.86. The van der Waals surface area contributed by atoms with Crippen LogP contribution in [0.25, 0.3) is 0 Å². The van der Waals surface area contributed by atoms with Gasteiger partial charge in [0.2, 0.25) is 0 Å². The molecule has 0 saturated carbocycles. The second-order valence-corrected chi connectivity index (χ2v) is 5.17. The molecule has 0 atom stereocenters. The van der Waals surface area contributed by atoms with Crippen LogP contribution in [-0.4, -0.2) is 18.3 Å². The van der Waals surface area contributed by atoms with Gasteiger partial charge in [-0.1, -0.05) is 13.7 Å². The standard InChI is InChI=1S/C13H21BO3/c1-9(2)10-7-8-11(15-10)14-16-12(3,4)13(5,6)17-14/h7-9H,1-6H3/i1D3,2D3,9D. The van der Waals surface area contributed by atoms with E-state index in [9.17, 15) is 0 Å². The molecule has 0 aromatic carbocycles.